The number of nitrogens with zero attached hydrogens (tertiary/aromatic N) is 5. The Labute approximate surface area is 146 Å². The summed E-state index contributed by atoms with van der Waals surface area (Å²) in [5.74, 6) is 0.648. The molecule has 1 N–H and O–H groups in total. The normalized spacial score (nSPS) is 17.3. The third kappa shape index (κ3) is 3.36. The van der Waals surface area contributed by atoms with E-state index >= 15 is 0 Å². The molecule has 128 valence electrons. The maximum absolute atomic E-state index is 12.6. The minimum Gasteiger partial charge on any atom is -0.354 e. The van der Waals surface area contributed by atoms with Crippen LogP contribution in [0.15, 0.2) is 18.5 Å². The number of amides is 1. The number of likely N-dealkylation sites (tertiary alicyclic amines) is 1. The summed E-state index contributed by atoms with van der Waals surface area (Å²) < 4.78 is 1.67. The van der Waals surface area contributed by atoms with Gasteiger partial charge in [-0.25, -0.2) is 9.97 Å². The third-order valence-corrected chi connectivity index (χ3v) is 4.74. The van der Waals surface area contributed by atoms with E-state index < -0.39 is 0 Å². The number of halogens is 1. The summed E-state index contributed by atoms with van der Waals surface area (Å²) in [5.41, 5.74) is 1.87. The van der Waals surface area contributed by atoms with Crippen LogP contribution in [0.1, 0.15) is 36.6 Å². The number of anilines is 1. The summed E-state index contributed by atoms with van der Waals surface area (Å²) in [6, 6.07) is 1.78. The second kappa shape index (κ2) is 7.17. The number of hydrogen-bond donors (Lipinski definition) is 1. The van der Waals surface area contributed by atoms with Crippen LogP contribution in [0, 0.1) is 6.92 Å². The number of carbonyl (C=O) groups is 1. The highest BCUT2D eigenvalue weighted by molar-refractivity contribution is 6.30. The van der Waals surface area contributed by atoms with Gasteiger partial charge in [-0.05, 0) is 25.8 Å². The molecule has 1 amide bonds. The molecule has 1 fully saturated rings. The van der Waals surface area contributed by atoms with Gasteiger partial charge in [-0.15, -0.1) is 0 Å². The van der Waals surface area contributed by atoms with Crippen molar-refractivity contribution < 1.29 is 4.79 Å². The molecule has 8 heteroatoms. The highest BCUT2D eigenvalue weighted by Gasteiger charge is 2.33. The molecule has 3 rings (SSSR count). The van der Waals surface area contributed by atoms with E-state index in [1.807, 2.05) is 18.9 Å². The second-order valence-electron chi connectivity index (χ2n) is 5.91. The van der Waals surface area contributed by atoms with Crippen LogP contribution < -0.4 is 5.32 Å². The van der Waals surface area contributed by atoms with Gasteiger partial charge < -0.3 is 10.2 Å². The van der Waals surface area contributed by atoms with Crippen LogP contribution in [0.5, 0.6) is 0 Å². The van der Waals surface area contributed by atoms with Gasteiger partial charge in [0.05, 0.1) is 11.7 Å². The molecule has 1 aliphatic rings. The van der Waals surface area contributed by atoms with Crippen molar-refractivity contribution in [1.29, 1.82) is 0 Å². The number of hydrogen-bond acceptors (Lipinski definition) is 5. The van der Waals surface area contributed by atoms with Gasteiger partial charge in [0.2, 0.25) is 11.9 Å². The first-order valence-corrected chi connectivity index (χ1v) is 8.45. The summed E-state index contributed by atoms with van der Waals surface area (Å²) >= 11 is 6.38. The lowest BCUT2D eigenvalue weighted by Crippen LogP contribution is -2.32. The maximum Gasteiger partial charge on any atom is 0.224 e. The fourth-order valence-electron chi connectivity index (χ4n) is 3.21. The zero-order chi connectivity index (χ0) is 17.1. The zero-order valence-corrected chi connectivity index (χ0v) is 14.6. The molecule has 0 saturated carbocycles. The van der Waals surface area contributed by atoms with Crippen LogP contribution in [0.4, 0.5) is 5.95 Å². The monoisotopic (exact) mass is 348 g/mol. The first kappa shape index (κ1) is 16.7. The summed E-state index contributed by atoms with van der Waals surface area (Å²) in [6.45, 7) is 3.21. The number of carbonyl (C=O) groups excluding carboxylic acids is 1. The Balaban J connectivity index is 1.63. The van der Waals surface area contributed by atoms with E-state index in [9.17, 15) is 4.79 Å². The van der Waals surface area contributed by atoms with Crippen LogP contribution in [0.3, 0.4) is 0 Å². The van der Waals surface area contributed by atoms with Gasteiger partial charge in [0, 0.05) is 44.5 Å². The lowest BCUT2D eigenvalue weighted by Gasteiger charge is -2.25. The summed E-state index contributed by atoms with van der Waals surface area (Å²) in [6.07, 6.45) is 5.64. The van der Waals surface area contributed by atoms with Gasteiger partial charge in [-0.2, -0.15) is 5.10 Å². The predicted octanol–water partition coefficient (Wildman–Crippen LogP) is 2.34. The molecule has 3 heterocycles. The Bertz CT molecular complexity index is 717. The van der Waals surface area contributed by atoms with Crippen molar-refractivity contribution in [3.05, 3.63) is 34.9 Å². The number of aryl methyl sites for hydroxylation is 2. The molecule has 0 spiro atoms. The highest BCUT2D eigenvalue weighted by atomic mass is 35.5. The van der Waals surface area contributed by atoms with E-state index in [4.69, 9.17) is 11.6 Å². The highest BCUT2D eigenvalue weighted by Crippen LogP contribution is 2.37. The third-order valence-electron chi connectivity index (χ3n) is 4.29. The van der Waals surface area contributed by atoms with Gasteiger partial charge >= 0.3 is 0 Å². The first-order chi connectivity index (χ1) is 11.6. The van der Waals surface area contributed by atoms with Gasteiger partial charge in [0.15, 0.2) is 0 Å². The molecule has 0 unspecified atom stereocenters. The Hall–Kier alpha value is -2.15. The molecule has 0 aliphatic carbocycles. The Kier molecular flexibility index (Phi) is 4.99. The van der Waals surface area contributed by atoms with Gasteiger partial charge in [0.25, 0.3) is 0 Å². The van der Waals surface area contributed by atoms with E-state index in [1.165, 1.54) is 0 Å². The molecule has 2 aromatic rings. The lowest BCUT2D eigenvalue weighted by molar-refractivity contribution is -0.131. The molecule has 1 atom stereocenters. The molecule has 1 aliphatic heterocycles. The minimum atomic E-state index is 0.0201. The Morgan fingerprint density at radius 2 is 2.17 bits per heavy atom. The van der Waals surface area contributed by atoms with Crippen molar-refractivity contribution in [2.45, 2.75) is 32.2 Å². The number of rotatable bonds is 5. The van der Waals surface area contributed by atoms with Gasteiger partial charge in [-0.3, -0.25) is 9.48 Å². The average Bonchev–Trinajstić information content (AvgIpc) is 3.13. The number of nitrogens with one attached hydrogen (secondary N) is 1. The number of aromatic nitrogens is 4. The summed E-state index contributed by atoms with van der Waals surface area (Å²) in [5, 5.41) is 8.06. The quantitative estimate of drug-likeness (QED) is 0.897. The van der Waals surface area contributed by atoms with Crippen molar-refractivity contribution in [2.24, 2.45) is 7.05 Å². The van der Waals surface area contributed by atoms with E-state index in [0.29, 0.717) is 24.1 Å². The van der Waals surface area contributed by atoms with Crippen molar-refractivity contribution in [2.75, 3.05) is 18.4 Å². The Morgan fingerprint density at radius 3 is 2.83 bits per heavy atom. The van der Waals surface area contributed by atoms with Crippen LogP contribution in [0.2, 0.25) is 5.15 Å². The van der Waals surface area contributed by atoms with Crippen LogP contribution in [0.25, 0.3) is 0 Å². The smallest absolute Gasteiger partial charge is 0.224 e. The molecule has 1 saturated heterocycles. The molecular formula is C16H21ClN6O. The SMILES string of the molecule is Cc1nn(C)c(Cl)c1[C@H]1CCCN1C(=O)CCNc1ncccn1. The minimum absolute atomic E-state index is 0.0201. The van der Waals surface area contributed by atoms with E-state index in [-0.39, 0.29) is 11.9 Å². The predicted molar refractivity (Wildman–Crippen MR) is 91.8 cm³/mol. The fraction of sp³-hybridized carbons (Fsp3) is 0.500. The second-order valence-corrected chi connectivity index (χ2v) is 6.27. The fourth-order valence-corrected chi connectivity index (χ4v) is 3.51. The van der Waals surface area contributed by atoms with Crippen molar-refractivity contribution in [3.8, 4) is 0 Å². The van der Waals surface area contributed by atoms with Crippen molar-refractivity contribution in [3.63, 3.8) is 0 Å². The standard InChI is InChI=1S/C16H21ClN6O/c1-11-14(15(17)22(2)21-11)12-5-3-10-23(12)13(24)6-9-20-16-18-7-4-8-19-16/h4,7-8,12H,3,5-6,9-10H2,1-2H3,(H,18,19,20)/t12-/m1/s1. The van der Waals surface area contributed by atoms with Crippen molar-refractivity contribution in [1.82, 2.24) is 24.6 Å². The van der Waals surface area contributed by atoms with Crippen LogP contribution in [-0.2, 0) is 11.8 Å². The molecule has 24 heavy (non-hydrogen) atoms. The topological polar surface area (TPSA) is 75.9 Å². The largest absolute Gasteiger partial charge is 0.354 e. The zero-order valence-electron chi connectivity index (χ0n) is 13.9. The molecule has 0 radical (unpaired) electrons. The molecule has 0 aromatic carbocycles. The van der Waals surface area contributed by atoms with E-state index in [0.717, 1.165) is 30.6 Å². The van der Waals surface area contributed by atoms with Gasteiger partial charge in [0.1, 0.15) is 5.15 Å². The van der Waals surface area contributed by atoms with Crippen LogP contribution >= 0.6 is 11.6 Å². The van der Waals surface area contributed by atoms with Crippen molar-refractivity contribution >= 4 is 23.5 Å². The summed E-state index contributed by atoms with van der Waals surface area (Å²) in [4.78, 5) is 22.7. The summed E-state index contributed by atoms with van der Waals surface area (Å²) in [7, 11) is 1.82. The lowest BCUT2D eigenvalue weighted by atomic mass is 10.1. The van der Waals surface area contributed by atoms with Gasteiger partial charge in [-0.1, -0.05) is 11.6 Å². The van der Waals surface area contributed by atoms with Crippen LogP contribution in [-0.4, -0.2) is 43.6 Å². The molecule has 2 aromatic heterocycles. The molecule has 0 bridgehead atoms. The molecular weight excluding hydrogens is 328 g/mol. The maximum atomic E-state index is 12.6. The molecule has 7 nitrogen and oxygen atoms in total. The Morgan fingerprint density at radius 1 is 1.42 bits per heavy atom. The van der Waals surface area contributed by atoms with E-state index in [1.54, 1.807) is 23.1 Å². The first-order valence-electron chi connectivity index (χ1n) is 8.07. The van der Waals surface area contributed by atoms with E-state index in [2.05, 4.69) is 20.4 Å². The average molecular weight is 349 g/mol.